The molecule has 0 heterocycles. The topological polar surface area (TPSA) is 114 Å². The minimum Gasteiger partial charge on any atom is -0.468 e. The molecule has 9 nitrogen and oxygen atoms in total. The molecule has 0 saturated carbocycles. The molecule has 0 aromatic heterocycles. The predicted molar refractivity (Wildman–Crippen MR) is 130 cm³/mol. The van der Waals surface area contributed by atoms with Crippen LogP contribution in [0.15, 0.2) is 24.3 Å². The van der Waals surface area contributed by atoms with Crippen LogP contribution in [0.4, 0.5) is 4.79 Å². The summed E-state index contributed by atoms with van der Waals surface area (Å²) in [5.41, 5.74) is -0.174. The molecule has 1 rings (SSSR count). The van der Waals surface area contributed by atoms with Gasteiger partial charge in [0.15, 0.2) is 0 Å². The van der Waals surface area contributed by atoms with Crippen LogP contribution < -0.4 is 10.6 Å². The molecule has 1 aromatic rings. The van der Waals surface area contributed by atoms with Crippen molar-refractivity contribution in [2.24, 2.45) is 5.92 Å². The van der Waals surface area contributed by atoms with Crippen LogP contribution in [0.3, 0.4) is 0 Å². The van der Waals surface area contributed by atoms with Crippen LogP contribution in [-0.2, 0) is 23.9 Å². The highest BCUT2D eigenvalue weighted by Crippen LogP contribution is 2.26. The maximum Gasteiger partial charge on any atom is 0.408 e. The Labute approximate surface area is 206 Å². The Morgan fingerprint density at radius 3 is 2.26 bits per heavy atom. The molecular formula is C26H33N3O6. The van der Waals surface area contributed by atoms with Gasteiger partial charge >= 0.3 is 12.1 Å². The Morgan fingerprint density at radius 1 is 1.11 bits per heavy atom. The van der Waals surface area contributed by atoms with Gasteiger partial charge in [0, 0.05) is 17.2 Å². The van der Waals surface area contributed by atoms with Crippen molar-refractivity contribution in [2.75, 3.05) is 13.7 Å². The Bertz CT molecular complexity index is 1010. The van der Waals surface area contributed by atoms with Crippen LogP contribution in [0.2, 0.25) is 0 Å². The Balaban J connectivity index is 3.45. The van der Waals surface area contributed by atoms with E-state index in [1.165, 1.54) is 7.11 Å². The van der Waals surface area contributed by atoms with Crippen molar-refractivity contribution in [2.45, 2.75) is 58.7 Å². The van der Waals surface area contributed by atoms with Crippen LogP contribution in [0.5, 0.6) is 0 Å². The number of benzene rings is 1. The van der Waals surface area contributed by atoms with Gasteiger partial charge in [-0.1, -0.05) is 44.4 Å². The maximum absolute atomic E-state index is 13.6. The summed E-state index contributed by atoms with van der Waals surface area (Å²) in [6.45, 7) is 8.37. The molecule has 0 aliphatic carbocycles. The van der Waals surface area contributed by atoms with Gasteiger partial charge in [-0.2, -0.15) is 0 Å². The van der Waals surface area contributed by atoms with Crippen molar-refractivity contribution >= 4 is 23.9 Å². The third-order valence-corrected chi connectivity index (χ3v) is 4.62. The summed E-state index contributed by atoms with van der Waals surface area (Å²) in [4.78, 5) is 51.7. The first kappa shape index (κ1) is 29.1. The smallest absolute Gasteiger partial charge is 0.408 e. The number of terminal acetylenes is 2. The molecule has 0 saturated heterocycles. The lowest BCUT2D eigenvalue weighted by molar-refractivity contribution is -0.143. The molecule has 188 valence electrons. The van der Waals surface area contributed by atoms with Crippen LogP contribution in [-0.4, -0.2) is 54.1 Å². The first-order valence-corrected chi connectivity index (χ1v) is 11.0. The van der Waals surface area contributed by atoms with Crippen molar-refractivity contribution in [3.05, 3.63) is 35.4 Å². The molecule has 0 radical (unpaired) electrons. The zero-order valence-corrected chi connectivity index (χ0v) is 21.0. The number of nitrogens with zero attached hydrogens (tertiary/aromatic N) is 1. The van der Waals surface area contributed by atoms with Gasteiger partial charge in [-0.15, -0.1) is 6.42 Å². The number of carbonyl (C=O) groups excluding carboxylic acids is 4. The summed E-state index contributed by atoms with van der Waals surface area (Å²) in [5.74, 6) is 0.319. The quantitative estimate of drug-likeness (QED) is 0.317. The first-order valence-electron chi connectivity index (χ1n) is 11.0. The largest absolute Gasteiger partial charge is 0.468 e. The molecule has 0 aliphatic heterocycles. The molecule has 2 unspecified atom stereocenters. The Hall–Kier alpha value is -3.98. The highest BCUT2D eigenvalue weighted by Gasteiger charge is 2.37. The van der Waals surface area contributed by atoms with E-state index in [9.17, 15) is 19.2 Å². The van der Waals surface area contributed by atoms with Gasteiger partial charge in [0.2, 0.25) is 5.91 Å². The zero-order chi connectivity index (χ0) is 26.8. The monoisotopic (exact) mass is 483 g/mol. The van der Waals surface area contributed by atoms with Gasteiger partial charge in [0.25, 0.3) is 5.91 Å². The molecule has 0 bridgehead atoms. The molecule has 0 fully saturated rings. The van der Waals surface area contributed by atoms with E-state index >= 15 is 0 Å². The molecule has 1 aromatic carbocycles. The molecule has 9 heteroatoms. The average Bonchev–Trinajstić information content (AvgIpc) is 2.78. The number of esters is 1. The van der Waals surface area contributed by atoms with Gasteiger partial charge in [0.1, 0.15) is 24.2 Å². The molecule has 2 N–H and O–H groups in total. The number of rotatable bonds is 9. The second-order valence-corrected chi connectivity index (χ2v) is 9.09. The van der Waals surface area contributed by atoms with Crippen molar-refractivity contribution in [1.29, 1.82) is 0 Å². The first-order chi connectivity index (χ1) is 16.3. The van der Waals surface area contributed by atoms with Crippen molar-refractivity contribution in [1.82, 2.24) is 15.5 Å². The zero-order valence-electron chi connectivity index (χ0n) is 21.0. The Kier molecular flexibility index (Phi) is 10.8. The fourth-order valence-corrected chi connectivity index (χ4v) is 3.17. The summed E-state index contributed by atoms with van der Waals surface area (Å²) in [5, 5.41) is 4.98. The minimum atomic E-state index is -1.38. The normalized spacial score (nSPS) is 12.4. The number of amides is 3. The van der Waals surface area contributed by atoms with Gasteiger partial charge in [-0.25, -0.2) is 4.79 Å². The van der Waals surface area contributed by atoms with Crippen molar-refractivity contribution < 1.29 is 28.7 Å². The second kappa shape index (κ2) is 13.0. The van der Waals surface area contributed by atoms with Gasteiger partial charge in [-0.3, -0.25) is 19.3 Å². The third kappa shape index (κ3) is 9.05. The van der Waals surface area contributed by atoms with E-state index < -0.39 is 48.1 Å². The van der Waals surface area contributed by atoms with Gasteiger partial charge in [0.05, 0.1) is 7.11 Å². The SMILES string of the molecule is C#Cc1ccccc1C(C(=O)NCC(=O)OC)N(C#C)C(=O)C(CC(C)C)NC(=O)OC(C)(C)C. The van der Waals surface area contributed by atoms with Crippen LogP contribution >= 0.6 is 0 Å². The fraction of sp³-hybridized carbons (Fsp3) is 0.462. The average molecular weight is 484 g/mol. The summed E-state index contributed by atoms with van der Waals surface area (Å²) in [6, 6.07) is 6.27. The molecular weight excluding hydrogens is 450 g/mol. The summed E-state index contributed by atoms with van der Waals surface area (Å²) in [7, 11) is 1.18. The number of methoxy groups -OCH3 is 1. The van der Waals surface area contributed by atoms with Gasteiger partial charge < -0.3 is 20.1 Å². The van der Waals surface area contributed by atoms with E-state index in [1.54, 1.807) is 45.0 Å². The van der Waals surface area contributed by atoms with E-state index in [4.69, 9.17) is 17.6 Å². The predicted octanol–water partition coefficient (Wildman–Crippen LogP) is 2.36. The van der Waals surface area contributed by atoms with Crippen LogP contribution in [0.25, 0.3) is 0 Å². The number of alkyl carbamates (subject to hydrolysis) is 1. The lowest BCUT2D eigenvalue weighted by atomic mass is 9.96. The van der Waals surface area contributed by atoms with E-state index in [1.807, 2.05) is 13.8 Å². The molecule has 3 amide bonds. The van der Waals surface area contributed by atoms with Crippen molar-refractivity contribution in [3.8, 4) is 24.8 Å². The fourth-order valence-electron chi connectivity index (χ4n) is 3.17. The highest BCUT2D eigenvalue weighted by molar-refractivity contribution is 5.94. The van der Waals surface area contributed by atoms with Crippen molar-refractivity contribution in [3.63, 3.8) is 0 Å². The third-order valence-electron chi connectivity index (χ3n) is 4.62. The molecule has 35 heavy (non-hydrogen) atoms. The highest BCUT2D eigenvalue weighted by atomic mass is 16.6. The van der Waals surface area contributed by atoms with E-state index in [2.05, 4.69) is 27.3 Å². The van der Waals surface area contributed by atoms with Crippen LogP contribution in [0, 0.1) is 30.7 Å². The number of ether oxygens (including phenoxy) is 2. The van der Waals surface area contributed by atoms with E-state index in [-0.39, 0.29) is 17.9 Å². The number of hydrogen-bond donors (Lipinski definition) is 2. The van der Waals surface area contributed by atoms with E-state index in [0.717, 1.165) is 4.90 Å². The number of hydrogen-bond acceptors (Lipinski definition) is 6. The Morgan fingerprint density at radius 2 is 1.74 bits per heavy atom. The number of carbonyl (C=O) groups is 4. The van der Waals surface area contributed by atoms with E-state index in [0.29, 0.717) is 5.56 Å². The van der Waals surface area contributed by atoms with Crippen LogP contribution in [0.1, 0.15) is 58.2 Å². The standard InChI is InChI=1S/C26H33N3O6/c1-9-18-13-11-12-14-19(18)22(23(31)27-16-21(30)34-8)29(10-2)24(32)20(15-17(3)4)28-25(33)35-26(5,6)7/h1-2,11-14,17,20,22H,15-16H2,3-8H3,(H,27,31)(H,28,33). The lowest BCUT2D eigenvalue weighted by Crippen LogP contribution is -2.52. The number of nitrogens with one attached hydrogen (secondary N) is 2. The second-order valence-electron chi connectivity index (χ2n) is 9.09. The lowest BCUT2D eigenvalue weighted by Gasteiger charge is -2.31. The maximum atomic E-state index is 13.6. The summed E-state index contributed by atoms with van der Waals surface area (Å²) >= 11 is 0. The molecule has 0 aliphatic rings. The summed E-state index contributed by atoms with van der Waals surface area (Å²) < 4.78 is 9.85. The minimum absolute atomic E-state index is 0.0110. The molecule has 0 spiro atoms. The molecule has 2 atom stereocenters. The van der Waals surface area contributed by atoms with Gasteiger partial charge in [-0.05, 0) is 39.2 Å². The summed E-state index contributed by atoms with van der Waals surface area (Å²) in [6.07, 6.45) is 10.8.